The van der Waals surface area contributed by atoms with Crippen molar-refractivity contribution in [2.45, 2.75) is 82.9 Å². The predicted molar refractivity (Wildman–Crippen MR) is 112 cm³/mol. The van der Waals surface area contributed by atoms with Gasteiger partial charge in [0.1, 0.15) is 5.60 Å². The van der Waals surface area contributed by atoms with Crippen molar-refractivity contribution in [1.29, 1.82) is 0 Å². The second-order valence-corrected chi connectivity index (χ2v) is 9.91. The lowest BCUT2D eigenvalue weighted by Crippen LogP contribution is -2.40. The van der Waals surface area contributed by atoms with Crippen LogP contribution in [0.2, 0.25) is 0 Å². The molecule has 0 radical (unpaired) electrons. The minimum absolute atomic E-state index is 0.110. The molecule has 0 saturated heterocycles. The van der Waals surface area contributed by atoms with Crippen molar-refractivity contribution in [3.63, 3.8) is 0 Å². The van der Waals surface area contributed by atoms with E-state index in [4.69, 9.17) is 10.5 Å². The summed E-state index contributed by atoms with van der Waals surface area (Å²) in [4.78, 5) is 21.7. The lowest BCUT2D eigenvalue weighted by molar-refractivity contribution is -0.0500. The van der Waals surface area contributed by atoms with E-state index in [0.29, 0.717) is 30.2 Å². The molecule has 2 aliphatic rings. The van der Waals surface area contributed by atoms with Crippen molar-refractivity contribution in [1.82, 2.24) is 19.7 Å². The van der Waals surface area contributed by atoms with Gasteiger partial charge in [-0.25, -0.2) is 23.5 Å². The summed E-state index contributed by atoms with van der Waals surface area (Å²) in [6.07, 6.45) is 5.49. The largest absolute Gasteiger partial charge is 0.444 e. The molecular formula is C22H31F2N5O2. The van der Waals surface area contributed by atoms with Crippen LogP contribution in [-0.2, 0) is 4.74 Å². The second-order valence-electron chi connectivity index (χ2n) is 9.91. The smallest absolute Gasteiger partial charge is 0.408 e. The SMILES string of the molecule is CC(C)(C)OC(=O)N[C@H](c1cn2ccc([C@H](N)C3CC3)nc2n1)C1CCC(F)(F)CC1. The number of carbonyl (C=O) groups is 1. The maximum absolute atomic E-state index is 13.7. The van der Waals surface area contributed by atoms with Gasteiger partial charge in [0.25, 0.3) is 0 Å². The Morgan fingerprint density at radius 3 is 2.45 bits per heavy atom. The molecule has 3 N–H and O–H groups in total. The number of imidazole rings is 1. The Labute approximate surface area is 180 Å². The van der Waals surface area contributed by atoms with Gasteiger partial charge >= 0.3 is 6.09 Å². The average molecular weight is 436 g/mol. The number of rotatable bonds is 5. The van der Waals surface area contributed by atoms with Gasteiger partial charge in [-0.2, -0.15) is 0 Å². The van der Waals surface area contributed by atoms with E-state index in [-0.39, 0.29) is 24.8 Å². The number of carbonyl (C=O) groups excluding carboxylic acids is 1. The molecule has 0 aliphatic heterocycles. The van der Waals surface area contributed by atoms with Crippen LogP contribution in [0.4, 0.5) is 13.6 Å². The Balaban J connectivity index is 1.60. The van der Waals surface area contributed by atoms with Gasteiger partial charge in [0, 0.05) is 25.2 Å². The zero-order valence-electron chi connectivity index (χ0n) is 18.3. The normalized spacial score (nSPS) is 21.6. The van der Waals surface area contributed by atoms with Gasteiger partial charge in [-0.3, -0.25) is 4.40 Å². The van der Waals surface area contributed by atoms with Gasteiger partial charge in [0.05, 0.1) is 23.5 Å². The fraction of sp³-hybridized carbons (Fsp3) is 0.682. The van der Waals surface area contributed by atoms with Crippen LogP contribution in [0, 0.1) is 11.8 Å². The molecule has 0 bridgehead atoms. The third-order valence-electron chi connectivity index (χ3n) is 6.06. The molecule has 2 saturated carbocycles. The van der Waals surface area contributed by atoms with E-state index in [1.54, 1.807) is 31.4 Å². The number of aromatic nitrogens is 3. The highest BCUT2D eigenvalue weighted by molar-refractivity contribution is 5.68. The Kier molecular flexibility index (Phi) is 5.66. The lowest BCUT2D eigenvalue weighted by atomic mass is 9.81. The summed E-state index contributed by atoms with van der Waals surface area (Å²) >= 11 is 0. The molecule has 0 unspecified atom stereocenters. The Bertz CT molecular complexity index is 941. The Morgan fingerprint density at radius 1 is 1.19 bits per heavy atom. The summed E-state index contributed by atoms with van der Waals surface area (Å²) in [5.74, 6) is -1.86. The van der Waals surface area contributed by atoms with Crippen LogP contribution in [-0.4, -0.2) is 32.0 Å². The number of hydrogen-bond acceptors (Lipinski definition) is 5. The monoisotopic (exact) mass is 435 g/mol. The van der Waals surface area contributed by atoms with E-state index in [1.165, 1.54) is 0 Å². The van der Waals surface area contributed by atoms with E-state index < -0.39 is 23.7 Å². The number of amides is 1. The summed E-state index contributed by atoms with van der Waals surface area (Å²) in [5.41, 5.74) is 7.00. The standard InChI is InChI=1S/C22H31F2N5O2/c1-21(2,3)31-20(30)28-18(14-6-9-22(23,24)10-7-14)16-12-29-11-8-15(26-19(29)27-16)17(25)13-4-5-13/h8,11-14,17-18H,4-7,9-10,25H2,1-3H3,(H,28,30)/t17-,18+/m1/s1. The molecule has 2 fully saturated rings. The molecule has 2 atom stereocenters. The molecule has 0 spiro atoms. The Hall–Kier alpha value is -2.29. The van der Waals surface area contributed by atoms with Crippen molar-refractivity contribution >= 4 is 11.9 Å². The molecule has 9 heteroatoms. The molecule has 2 aromatic rings. The molecule has 0 aromatic carbocycles. The van der Waals surface area contributed by atoms with Crippen LogP contribution in [0.1, 0.15) is 82.8 Å². The first kappa shape index (κ1) is 21.9. The molecule has 7 nitrogen and oxygen atoms in total. The van der Waals surface area contributed by atoms with E-state index in [2.05, 4.69) is 15.3 Å². The highest BCUT2D eigenvalue weighted by Crippen LogP contribution is 2.42. The maximum atomic E-state index is 13.7. The van der Waals surface area contributed by atoms with Gasteiger partial charge in [0.15, 0.2) is 0 Å². The van der Waals surface area contributed by atoms with Gasteiger partial charge in [-0.05, 0) is 64.4 Å². The summed E-state index contributed by atoms with van der Waals surface area (Å²) in [6.45, 7) is 5.34. The Morgan fingerprint density at radius 2 is 1.84 bits per heavy atom. The third kappa shape index (κ3) is 5.31. The van der Waals surface area contributed by atoms with Crippen LogP contribution >= 0.6 is 0 Å². The second kappa shape index (κ2) is 8.00. The van der Waals surface area contributed by atoms with Crippen molar-refractivity contribution in [2.75, 3.05) is 0 Å². The number of alkyl halides is 2. The number of ether oxygens (including phenoxy) is 1. The van der Waals surface area contributed by atoms with Crippen LogP contribution in [0.3, 0.4) is 0 Å². The van der Waals surface area contributed by atoms with Crippen molar-refractivity contribution in [2.24, 2.45) is 17.6 Å². The van der Waals surface area contributed by atoms with Gasteiger partial charge in [0.2, 0.25) is 11.7 Å². The van der Waals surface area contributed by atoms with Crippen LogP contribution in [0.25, 0.3) is 5.78 Å². The number of fused-ring (bicyclic) bond motifs is 1. The number of nitrogens with zero attached hydrogens (tertiary/aromatic N) is 3. The molecule has 1 amide bonds. The first-order chi connectivity index (χ1) is 14.5. The zero-order valence-corrected chi connectivity index (χ0v) is 18.3. The maximum Gasteiger partial charge on any atom is 0.408 e. The molecule has 170 valence electrons. The van der Waals surface area contributed by atoms with Gasteiger partial charge in [-0.1, -0.05) is 0 Å². The van der Waals surface area contributed by atoms with Crippen molar-refractivity contribution < 1.29 is 18.3 Å². The number of halogens is 2. The van der Waals surface area contributed by atoms with E-state index in [9.17, 15) is 13.6 Å². The number of alkyl carbamates (subject to hydrolysis) is 1. The molecule has 31 heavy (non-hydrogen) atoms. The van der Waals surface area contributed by atoms with E-state index in [1.807, 2.05) is 12.3 Å². The van der Waals surface area contributed by atoms with Crippen LogP contribution in [0.15, 0.2) is 18.5 Å². The molecule has 2 heterocycles. The zero-order chi connectivity index (χ0) is 22.4. The molecule has 4 rings (SSSR count). The minimum Gasteiger partial charge on any atom is -0.444 e. The van der Waals surface area contributed by atoms with E-state index in [0.717, 1.165) is 18.5 Å². The first-order valence-corrected chi connectivity index (χ1v) is 11.0. The molecule has 2 aliphatic carbocycles. The quantitative estimate of drug-likeness (QED) is 0.720. The fourth-order valence-electron chi connectivity index (χ4n) is 4.20. The number of nitrogens with one attached hydrogen (secondary N) is 1. The van der Waals surface area contributed by atoms with E-state index >= 15 is 0 Å². The fourth-order valence-corrected chi connectivity index (χ4v) is 4.20. The highest BCUT2D eigenvalue weighted by atomic mass is 19.3. The van der Waals surface area contributed by atoms with Crippen LogP contribution in [0.5, 0.6) is 0 Å². The topological polar surface area (TPSA) is 94.5 Å². The summed E-state index contributed by atoms with van der Waals surface area (Å²) < 4.78 is 34.7. The highest BCUT2D eigenvalue weighted by Gasteiger charge is 2.40. The molecule has 2 aromatic heterocycles. The lowest BCUT2D eigenvalue weighted by Gasteiger charge is -2.33. The number of hydrogen-bond donors (Lipinski definition) is 2. The summed E-state index contributed by atoms with van der Waals surface area (Å²) in [5, 5.41) is 2.88. The average Bonchev–Trinajstić information content (AvgIpc) is 3.43. The molecular weight excluding hydrogens is 404 g/mol. The summed E-state index contributed by atoms with van der Waals surface area (Å²) in [6, 6.07) is 1.24. The minimum atomic E-state index is -2.65. The summed E-state index contributed by atoms with van der Waals surface area (Å²) in [7, 11) is 0. The predicted octanol–water partition coefficient (Wildman–Crippen LogP) is 4.53. The van der Waals surface area contributed by atoms with Gasteiger partial charge in [-0.15, -0.1) is 0 Å². The number of nitrogens with two attached hydrogens (primary N) is 1. The van der Waals surface area contributed by atoms with Crippen LogP contribution < -0.4 is 11.1 Å². The van der Waals surface area contributed by atoms with Gasteiger partial charge < -0.3 is 15.8 Å². The third-order valence-corrected chi connectivity index (χ3v) is 6.06. The van der Waals surface area contributed by atoms with Crippen molar-refractivity contribution in [3.05, 3.63) is 29.8 Å². The van der Waals surface area contributed by atoms with Crippen molar-refractivity contribution in [3.8, 4) is 0 Å². The first-order valence-electron chi connectivity index (χ1n) is 11.0.